The number of anilines is 1. The first-order chi connectivity index (χ1) is 14.4. The quantitative estimate of drug-likeness (QED) is 0.639. The molecule has 0 aliphatic carbocycles. The van der Waals surface area contributed by atoms with E-state index in [0.29, 0.717) is 5.56 Å². The standard InChI is InChI=1S/C23H21FN2O3S/c1-17-10-12-18(13-11-17)14-25-16-23(27)26(15-19-6-2-3-7-20(19)24)21-8-4-5-9-22(21)30(25,28)29/h2-13H,14-16H2,1H3. The summed E-state index contributed by atoms with van der Waals surface area (Å²) in [5.74, 6) is -0.842. The Morgan fingerprint density at radius 3 is 2.30 bits per heavy atom. The van der Waals surface area contributed by atoms with Gasteiger partial charge >= 0.3 is 0 Å². The second kappa shape index (κ2) is 8.01. The third-order valence-corrected chi connectivity index (χ3v) is 6.99. The Balaban J connectivity index is 1.75. The van der Waals surface area contributed by atoms with E-state index in [1.165, 1.54) is 21.3 Å². The van der Waals surface area contributed by atoms with E-state index in [1.807, 2.05) is 31.2 Å². The number of sulfonamides is 1. The maximum absolute atomic E-state index is 14.2. The van der Waals surface area contributed by atoms with Gasteiger partial charge in [0.05, 0.1) is 18.8 Å². The maximum atomic E-state index is 14.2. The second-order valence-electron chi connectivity index (χ2n) is 7.30. The highest BCUT2D eigenvalue weighted by atomic mass is 32.2. The Bertz CT molecular complexity index is 1190. The van der Waals surface area contributed by atoms with Crippen LogP contribution >= 0.6 is 0 Å². The van der Waals surface area contributed by atoms with Crippen molar-refractivity contribution in [2.75, 3.05) is 11.4 Å². The van der Waals surface area contributed by atoms with Crippen molar-refractivity contribution < 1.29 is 17.6 Å². The zero-order valence-electron chi connectivity index (χ0n) is 16.5. The lowest BCUT2D eigenvalue weighted by atomic mass is 10.1. The highest BCUT2D eigenvalue weighted by Gasteiger charge is 2.36. The van der Waals surface area contributed by atoms with E-state index in [0.717, 1.165) is 11.1 Å². The Hall–Kier alpha value is -3.03. The molecule has 4 rings (SSSR count). The number of carbonyl (C=O) groups excluding carboxylic acids is 1. The molecule has 154 valence electrons. The number of carbonyl (C=O) groups is 1. The van der Waals surface area contributed by atoms with Crippen molar-refractivity contribution in [2.45, 2.75) is 24.9 Å². The smallest absolute Gasteiger partial charge is 0.245 e. The Morgan fingerprint density at radius 1 is 0.900 bits per heavy atom. The molecule has 1 aliphatic rings. The number of hydrogen-bond acceptors (Lipinski definition) is 3. The van der Waals surface area contributed by atoms with Crippen molar-refractivity contribution in [3.05, 3.63) is 95.3 Å². The van der Waals surface area contributed by atoms with E-state index in [4.69, 9.17) is 0 Å². The first-order valence-electron chi connectivity index (χ1n) is 9.55. The van der Waals surface area contributed by atoms with Crippen LogP contribution in [0.3, 0.4) is 0 Å². The SMILES string of the molecule is Cc1ccc(CN2CC(=O)N(Cc3ccccc3F)c3ccccc3S2(=O)=O)cc1. The van der Waals surface area contributed by atoms with Crippen molar-refractivity contribution in [2.24, 2.45) is 0 Å². The highest BCUT2D eigenvalue weighted by Crippen LogP contribution is 2.33. The molecule has 0 bridgehead atoms. The molecule has 0 saturated carbocycles. The van der Waals surface area contributed by atoms with Crippen LogP contribution in [0.15, 0.2) is 77.7 Å². The van der Waals surface area contributed by atoms with Gasteiger partial charge in [0.1, 0.15) is 10.7 Å². The molecule has 0 aromatic heterocycles. The van der Waals surface area contributed by atoms with Crippen LogP contribution in [0.2, 0.25) is 0 Å². The molecule has 0 fully saturated rings. The Morgan fingerprint density at radius 2 is 1.57 bits per heavy atom. The molecule has 0 N–H and O–H groups in total. The van der Waals surface area contributed by atoms with Crippen LogP contribution in [0.25, 0.3) is 0 Å². The summed E-state index contributed by atoms with van der Waals surface area (Å²) in [6.45, 7) is 1.67. The Labute approximate surface area is 175 Å². The molecule has 30 heavy (non-hydrogen) atoms. The minimum absolute atomic E-state index is 0.0410. The number of benzene rings is 3. The zero-order chi connectivity index (χ0) is 21.3. The van der Waals surface area contributed by atoms with Crippen LogP contribution in [-0.2, 0) is 27.9 Å². The molecule has 0 radical (unpaired) electrons. The molecule has 3 aromatic rings. The fourth-order valence-corrected chi connectivity index (χ4v) is 5.07. The summed E-state index contributed by atoms with van der Waals surface area (Å²) in [5.41, 5.74) is 2.44. The van der Waals surface area contributed by atoms with Crippen LogP contribution in [0.1, 0.15) is 16.7 Å². The van der Waals surface area contributed by atoms with Crippen molar-refractivity contribution in [1.82, 2.24) is 4.31 Å². The van der Waals surface area contributed by atoms with Gasteiger partial charge in [0.15, 0.2) is 0 Å². The molecule has 0 atom stereocenters. The van der Waals surface area contributed by atoms with Crippen LogP contribution in [0, 0.1) is 12.7 Å². The number of hydrogen-bond donors (Lipinski definition) is 0. The molecule has 1 amide bonds. The molecule has 1 aliphatic heterocycles. The monoisotopic (exact) mass is 424 g/mol. The molecule has 0 saturated heterocycles. The fourth-order valence-electron chi connectivity index (χ4n) is 3.50. The lowest BCUT2D eigenvalue weighted by molar-refractivity contribution is -0.119. The normalized spacial score (nSPS) is 16.2. The van der Waals surface area contributed by atoms with Gasteiger partial charge in [-0.25, -0.2) is 12.8 Å². The molecule has 0 spiro atoms. The van der Waals surface area contributed by atoms with Gasteiger partial charge in [-0.2, -0.15) is 4.31 Å². The minimum Gasteiger partial charge on any atom is -0.305 e. The van der Waals surface area contributed by atoms with Gasteiger partial charge in [-0.15, -0.1) is 0 Å². The molecule has 1 heterocycles. The molecular weight excluding hydrogens is 403 g/mol. The van der Waals surface area contributed by atoms with Crippen LogP contribution in [-0.4, -0.2) is 25.2 Å². The van der Waals surface area contributed by atoms with E-state index in [1.54, 1.807) is 36.4 Å². The number of fused-ring (bicyclic) bond motifs is 1. The summed E-state index contributed by atoms with van der Waals surface area (Å²) < 4.78 is 42.2. The molecular formula is C23H21FN2O3S. The largest absolute Gasteiger partial charge is 0.305 e. The third kappa shape index (κ3) is 3.86. The summed E-state index contributed by atoms with van der Waals surface area (Å²) in [4.78, 5) is 14.5. The highest BCUT2D eigenvalue weighted by molar-refractivity contribution is 7.89. The van der Waals surface area contributed by atoms with Gasteiger partial charge < -0.3 is 4.90 Å². The van der Waals surface area contributed by atoms with E-state index >= 15 is 0 Å². The first kappa shape index (κ1) is 20.3. The fraction of sp³-hybridized carbons (Fsp3) is 0.174. The van der Waals surface area contributed by atoms with Crippen molar-refractivity contribution in [3.63, 3.8) is 0 Å². The molecule has 3 aromatic carbocycles. The second-order valence-corrected chi connectivity index (χ2v) is 9.20. The lowest BCUT2D eigenvalue weighted by Crippen LogP contribution is -2.38. The number of para-hydroxylation sites is 1. The third-order valence-electron chi connectivity index (χ3n) is 5.15. The van der Waals surface area contributed by atoms with Crippen molar-refractivity contribution in [3.8, 4) is 0 Å². The van der Waals surface area contributed by atoms with Gasteiger partial charge in [0.25, 0.3) is 0 Å². The van der Waals surface area contributed by atoms with Gasteiger partial charge in [0, 0.05) is 12.1 Å². The Kier molecular flexibility index (Phi) is 5.40. The van der Waals surface area contributed by atoms with E-state index in [2.05, 4.69) is 0 Å². The van der Waals surface area contributed by atoms with E-state index < -0.39 is 21.7 Å². The predicted octanol–water partition coefficient (Wildman–Crippen LogP) is 3.87. The average Bonchev–Trinajstić information content (AvgIpc) is 2.80. The molecule has 0 unspecified atom stereocenters. The van der Waals surface area contributed by atoms with Gasteiger partial charge in [0.2, 0.25) is 15.9 Å². The number of aryl methyl sites for hydroxylation is 1. The molecule has 5 nitrogen and oxygen atoms in total. The summed E-state index contributed by atoms with van der Waals surface area (Å²) in [6, 6.07) is 20.0. The lowest BCUT2D eigenvalue weighted by Gasteiger charge is -2.22. The average molecular weight is 424 g/mol. The van der Waals surface area contributed by atoms with Gasteiger partial charge in [-0.05, 0) is 30.7 Å². The summed E-state index contributed by atoms with van der Waals surface area (Å²) >= 11 is 0. The van der Waals surface area contributed by atoms with E-state index in [9.17, 15) is 17.6 Å². The van der Waals surface area contributed by atoms with Crippen molar-refractivity contribution in [1.29, 1.82) is 0 Å². The zero-order valence-corrected chi connectivity index (χ0v) is 17.3. The van der Waals surface area contributed by atoms with E-state index in [-0.39, 0.29) is 30.2 Å². The van der Waals surface area contributed by atoms with Crippen LogP contribution in [0.5, 0.6) is 0 Å². The maximum Gasteiger partial charge on any atom is 0.245 e. The number of rotatable bonds is 4. The summed E-state index contributed by atoms with van der Waals surface area (Å²) in [6.07, 6.45) is 0. The first-order valence-corrected chi connectivity index (χ1v) is 11.0. The number of halogens is 1. The van der Waals surface area contributed by atoms with Crippen LogP contribution in [0.4, 0.5) is 10.1 Å². The summed E-state index contributed by atoms with van der Waals surface area (Å²) in [7, 11) is -3.92. The summed E-state index contributed by atoms with van der Waals surface area (Å²) in [5, 5.41) is 0. The topological polar surface area (TPSA) is 57.7 Å². The van der Waals surface area contributed by atoms with Crippen LogP contribution < -0.4 is 4.90 Å². The van der Waals surface area contributed by atoms with Crippen molar-refractivity contribution >= 4 is 21.6 Å². The molecule has 7 heteroatoms. The minimum atomic E-state index is -3.92. The number of nitrogens with zero attached hydrogens (tertiary/aromatic N) is 2. The van der Waals surface area contributed by atoms with Gasteiger partial charge in [-0.1, -0.05) is 60.2 Å². The number of amides is 1. The predicted molar refractivity (Wildman–Crippen MR) is 113 cm³/mol. The van der Waals surface area contributed by atoms with Gasteiger partial charge in [-0.3, -0.25) is 4.79 Å².